The van der Waals surface area contributed by atoms with Gasteiger partial charge in [-0.3, -0.25) is 9.59 Å². The van der Waals surface area contributed by atoms with E-state index in [0.717, 1.165) is 55.1 Å². The summed E-state index contributed by atoms with van der Waals surface area (Å²) in [4.78, 5) is 43.6. The van der Waals surface area contributed by atoms with Gasteiger partial charge in [0.2, 0.25) is 17.8 Å². The van der Waals surface area contributed by atoms with Gasteiger partial charge in [-0.15, -0.1) is 0 Å². The number of aryl methyl sites for hydroxylation is 1. The normalized spacial score (nSPS) is 21.0. The lowest BCUT2D eigenvalue weighted by molar-refractivity contribution is -0.136. The van der Waals surface area contributed by atoms with Crippen LogP contribution >= 0.6 is 0 Å². The van der Waals surface area contributed by atoms with Gasteiger partial charge in [0.1, 0.15) is 11.6 Å². The Bertz CT molecular complexity index is 1060. The molecule has 3 fully saturated rings. The molecule has 0 saturated carbocycles. The Kier molecular flexibility index (Phi) is 6.74. The largest absolute Gasteiger partial charge is 0.497 e. The molecule has 2 aromatic rings. The third kappa shape index (κ3) is 5.04. The van der Waals surface area contributed by atoms with Gasteiger partial charge in [0, 0.05) is 69.7 Å². The molecule has 3 aliphatic heterocycles. The van der Waals surface area contributed by atoms with E-state index in [1.807, 2.05) is 42.2 Å². The summed E-state index contributed by atoms with van der Waals surface area (Å²) in [5, 5.41) is 0. The number of piperazine rings is 1. The van der Waals surface area contributed by atoms with Crippen LogP contribution in [0, 0.1) is 12.8 Å². The molecule has 3 aliphatic rings. The van der Waals surface area contributed by atoms with Crippen molar-refractivity contribution >= 4 is 29.3 Å². The van der Waals surface area contributed by atoms with Crippen LogP contribution in [0.2, 0.25) is 0 Å². The van der Waals surface area contributed by atoms with E-state index in [1.165, 1.54) is 19.3 Å². The Morgan fingerprint density at radius 1 is 0.943 bits per heavy atom. The third-order valence-electron chi connectivity index (χ3n) is 7.24. The first-order valence-electron chi connectivity index (χ1n) is 12.6. The summed E-state index contributed by atoms with van der Waals surface area (Å²) in [6.07, 6.45) is 3.91. The molecule has 5 rings (SSSR count). The molecule has 4 heterocycles. The minimum atomic E-state index is -0.303. The number of hydrogen-bond donors (Lipinski definition) is 0. The Morgan fingerprint density at radius 2 is 1.66 bits per heavy atom. The summed E-state index contributed by atoms with van der Waals surface area (Å²) in [5.41, 5.74) is 1.77. The summed E-state index contributed by atoms with van der Waals surface area (Å²) in [5.74, 6) is 2.26. The number of carbonyl (C=O) groups excluding carboxylic acids is 2. The van der Waals surface area contributed by atoms with Crippen molar-refractivity contribution in [1.29, 1.82) is 0 Å². The van der Waals surface area contributed by atoms with E-state index in [-0.39, 0.29) is 24.2 Å². The smallest absolute Gasteiger partial charge is 0.228 e. The van der Waals surface area contributed by atoms with Gasteiger partial charge in [0.05, 0.1) is 13.0 Å². The van der Waals surface area contributed by atoms with Crippen LogP contribution in [0.1, 0.15) is 31.4 Å². The first-order chi connectivity index (χ1) is 17.0. The second-order valence-corrected chi connectivity index (χ2v) is 9.63. The Hall–Kier alpha value is -3.36. The van der Waals surface area contributed by atoms with Crippen LogP contribution in [0.25, 0.3) is 0 Å². The van der Waals surface area contributed by atoms with Crippen molar-refractivity contribution in [2.24, 2.45) is 5.92 Å². The molecule has 0 aliphatic carbocycles. The molecule has 0 bridgehead atoms. The van der Waals surface area contributed by atoms with Crippen molar-refractivity contribution in [2.45, 2.75) is 32.6 Å². The molecule has 186 valence electrons. The molecular weight excluding hydrogens is 444 g/mol. The highest BCUT2D eigenvalue weighted by Gasteiger charge is 2.38. The molecule has 2 amide bonds. The number of benzene rings is 1. The number of carbonyl (C=O) groups is 2. The van der Waals surface area contributed by atoms with Gasteiger partial charge in [-0.05, 0) is 50.5 Å². The highest BCUT2D eigenvalue weighted by Crippen LogP contribution is 2.28. The number of methoxy groups -OCH3 is 1. The van der Waals surface area contributed by atoms with E-state index in [9.17, 15) is 9.59 Å². The maximum atomic E-state index is 13.3. The minimum Gasteiger partial charge on any atom is -0.497 e. The molecule has 9 heteroatoms. The number of amides is 2. The first kappa shape index (κ1) is 23.4. The molecule has 0 N–H and O–H groups in total. The van der Waals surface area contributed by atoms with Gasteiger partial charge >= 0.3 is 0 Å². The van der Waals surface area contributed by atoms with Crippen LogP contribution in [0.3, 0.4) is 0 Å². The van der Waals surface area contributed by atoms with E-state index < -0.39 is 0 Å². The number of ether oxygens (including phenoxy) is 1. The second kappa shape index (κ2) is 10.1. The summed E-state index contributed by atoms with van der Waals surface area (Å²) in [6.45, 7) is 7.19. The van der Waals surface area contributed by atoms with Crippen molar-refractivity contribution in [3.8, 4) is 5.75 Å². The van der Waals surface area contributed by atoms with E-state index >= 15 is 0 Å². The van der Waals surface area contributed by atoms with Gasteiger partial charge in [0.15, 0.2) is 0 Å². The van der Waals surface area contributed by atoms with Crippen molar-refractivity contribution in [3.05, 3.63) is 36.0 Å². The molecular formula is C26H34N6O3. The van der Waals surface area contributed by atoms with Crippen molar-refractivity contribution < 1.29 is 14.3 Å². The van der Waals surface area contributed by atoms with Crippen molar-refractivity contribution in [1.82, 2.24) is 14.9 Å². The number of anilines is 3. The van der Waals surface area contributed by atoms with Crippen LogP contribution in [-0.2, 0) is 9.59 Å². The molecule has 1 aromatic heterocycles. The Balaban J connectivity index is 1.19. The van der Waals surface area contributed by atoms with Crippen LogP contribution in [0.5, 0.6) is 5.75 Å². The average molecular weight is 479 g/mol. The van der Waals surface area contributed by atoms with Gasteiger partial charge in [-0.2, -0.15) is 4.98 Å². The first-order valence-corrected chi connectivity index (χ1v) is 12.6. The number of hydrogen-bond acceptors (Lipinski definition) is 7. The van der Waals surface area contributed by atoms with Crippen LogP contribution in [0.15, 0.2) is 30.3 Å². The fourth-order valence-corrected chi connectivity index (χ4v) is 5.23. The maximum absolute atomic E-state index is 13.3. The van der Waals surface area contributed by atoms with E-state index in [1.54, 1.807) is 12.0 Å². The van der Waals surface area contributed by atoms with Crippen LogP contribution < -0.4 is 19.4 Å². The molecule has 0 radical (unpaired) electrons. The topological polar surface area (TPSA) is 82.1 Å². The Morgan fingerprint density at radius 3 is 2.34 bits per heavy atom. The lowest BCUT2D eigenvalue weighted by Crippen LogP contribution is -2.51. The molecule has 0 spiro atoms. The quantitative estimate of drug-likeness (QED) is 0.653. The zero-order chi connectivity index (χ0) is 24.4. The van der Waals surface area contributed by atoms with Crippen LogP contribution in [-0.4, -0.2) is 79.6 Å². The predicted molar refractivity (Wildman–Crippen MR) is 135 cm³/mol. The highest BCUT2D eigenvalue weighted by molar-refractivity contribution is 6.00. The molecule has 9 nitrogen and oxygen atoms in total. The number of nitrogens with zero attached hydrogens (tertiary/aromatic N) is 6. The van der Waals surface area contributed by atoms with Gasteiger partial charge in [-0.25, -0.2) is 4.98 Å². The van der Waals surface area contributed by atoms with Gasteiger partial charge in [-0.1, -0.05) is 0 Å². The minimum absolute atomic E-state index is 0.00569. The number of aromatic nitrogens is 2. The van der Waals surface area contributed by atoms with Crippen LogP contribution in [0.4, 0.5) is 17.5 Å². The average Bonchev–Trinajstić information content (AvgIpc) is 3.30. The summed E-state index contributed by atoms with van der Waals surface area (Å²) >= 11 is 0. The zero-order valence-electron chi connectivity index (χ0n) is 20.7. The highest BCUT2D eigenvalue weighted by atomic mass is 16.5. The van der Waals surface area contributed by atoms with Crippen molar-refractivity contribution in [2.75, 3.05) is 67.6 Å². The predicted octanol–water partition coefficient (Wildman–Crippen LogP) is 2.49. The molecule has 1 atom stereocenters. The van der Waals surface area contributed by atoms with E-state index in [0.29, 0.717) is 19.6 Å². The number of rotatable bonds is 5. The standard InChI is InChI=1S/C26H34N6O3/c1-19-16-23(28-26(27-19)31-10-4-3-5-11-31)29-12-14-30(15-13-29)25(34)20-17-24(33)32(18-20)21-6-8-22(35-2)9-7-21/h6-9,16,20H,3-5,10-15,17-18H2,1-2H3. The summed E-state index contributed by atoms with van der Waals surface area (Å²) < 4.78 is 5.20. The molecule has 35 heavy (non-hydrogen) atoms. The van der Waals surface area contributed by atoms with E-state index in [2.05, 4.69) is 14.8 Å². The fourth-order valence-electron chi connectivity index (χ4n) is 5.23. The molecule has 1 aromatic carbocycles. The summed E-state index contributed by atoms with van der Waals surface area (Å²) in [6, 6.07) is 9.44. The SMILES string of the molecule is COc1ccc(N2CC(C(=O)N3CCN(c4cc(C)nc(N5CCCCC5)n4)CC3)CC2=O)cc1. The number of piperidine rings is 1. The van der Waals surface area contributed by atoms with Gasteiger partial charge in [0.25, 0.3) is 0 Å². The second-order valence-electron chi connectivity index (χ2n) is 9.63. The Labute approximate surface area is 206 Å². The monoisotopic (exact) mass is 478 g/mol. The molecule has 1 unspecified atom stereocenters. The molecule has 3 saturated heterocycles. The summed E-state index contributed by atoms with van der Waals surface area (Å²) in [7, 11) is 1.62. The third-order valence-corrected chi connectivity index (χ3v) is 7.24. The van der Waals surface area contributed by atoms with Gasteiger partial charge < -0.3 is 24.3 Å². The zero-order valence-corrected chi connectivity index (χ0v) is 20.7. The lowest BCUT2D eigenvalue weighted by atomic mass is 10.1. The van der Waals surface area contributed by atoms with Crippen molar-refractivity contribution in [3.63, 3.8) is 0 Å². The fraction of sp³-hybridized carbons (Fsp3) is 0.538. The lowest BCUT2D eigenvalue weighted by Gasteiger charge is -2.37. The van der Waals surface area contributed by atoms with E-state index in [4.69, 9.17) is 9.72 Å². The maximum Gasteiger partial charge on any atom is 0.228 e.